The molecule has 0 radical (unpaired) electrons. The minimum absolute atomic E-state index is 0.201. The second kappa shape index (κ2) is 5.20. The van der Waals surface area contributed by atoms with Crippen molar-refractivity contribution in [2.75, 3.05) is 0 Å². The van der Waals surface area contributed by atoms with Crippen molar-refractivity contribution in [1.29, 1.82) is 0 Å². The molecule has 0 fully saturated rings. The van der Waals surface area contributed by atoms with E-state index in [2.05, 4.69) is 16.8 Å². The van der Waals surface area contributed by atoms with Gasteiger partial charge >= 0.3 is 5.00 Å². The van der Waals surface area contributed by atoms with Gasteiger partial charge in [-0.3, -0.25) is 10.1 Å². The molecular weight excluding hydrogens is 244 g/mol. The molecule has 84 valence electrons. The van der Waals surface area contributed by atoms with Crippen LogP contribution in [0.25, 0.3) is 0 Å². The zero-order chi connectivity index (χ0) is 11.4. The lowest BCUT2D eigenvalue weighted by Crippen LogP contribution is -2.11. The van der Waals surface area contributed by atoms with Crippen LogP contribution in [0.3, 0.4) is 0 Å². The molecule has 0 amide bonds. The van der Waals surface area contributed by atoms with E-state index >= 15 is 0 Å². The molecule has 0 atom stereocenters. The van der Waals surface area contributed by atoms with Crippen molar-refractivity contribution in [3.63, 3.8) is 0 Å². The molecule has 2 heterocycles. The highest BCUT2D eigenvalue weighted by Gasteiger charge is 2.08. The summed E-state index contributed by atoms with van der Waals surface area (Å²) in [6, 6.07) is 3.68. The molecule has 2 aromatic rings. The molecule has 2 rings (SSSR count). The average Bonchev–Trinajstić information content (AvgIpc) is 2.87. The number of nitro groups is 1. The zero-order valence-electron chi connectivity index (χ0n) is 8.38. The lowest BCUT2D eigenvalue weighted by atomic mass is 10.3. The van der Waals surface area contributed by atoms with Gasteiger partial charge in [-0.1, -0.05) is 11.3 Å². The fourth-order valence-corrected chi connectivity index (χ4v) is 2.69. The molecule has 16 heavy (non-hydrogen) atoms. The average molecular weight is 254 g/mol. The van der Waals surface area contributed by atoms with Crippen molar-refractivity contribution >= 4 is 27.7 Å². The van der Waals surface area contributed by atoms with Gasteiger partial charge in [-0.15, -0.1) is 0 Å². The molecule has 1 N–H and O–H groups in total. The van der Waals surface area contributed by atoms with Crippen molar-refractivity contribution in [3.05, 3.63) is 49.5 Å². The second-order valence-corrected chi connectivity index (χ2v) is 4.96. The maximum absolute atomic E-state index is 10.5. The van der Waals surface area contributed by atoms with Crippen molar-refractivity contribution in [2.45, 2.75) is 13.1 Å². The van der Waals surface area contributed by atoms with Gasteiger partial charge in [-0.05, 0) is 28.0 Å². The Labute approximate surface area is 101 Å². The van der Waals surface area contributed by atoms with Gasteiger partial charge in [0.15, 0.2) is 0 Å². The standard InChI is InChI=1S/C10H10N2O2S2/c13-12(14)10-3-9(7-16-10)5-11-4-8-1-2-15-6-8/h1-3,6-7,11H,4-5H2. The van der Waals surface area contributed by atoms with Crippen molar-refractivity contribution < 1.29 is 4.92 Å². The molecule has 0 saturated heterocycles. The summed E-state index contributed by atoms with van der Waals surface area (Å²) < 4.78 is 0. The summed E-state index contributed by atoms with van der Waals surface area (Å²) in [4.78, 5) is 10.1. The van der Waals surface area contributed by atoms with Gasteiger partial charge in [0, 0.05) is 24.5 Å². The quantitative estimate of drug-likeness (QED) is 0.659. The second-order valence-electron chi connectivity index (χ2n) is 3.29. The number of nitrogens with zero attached hydrogens (tertiary/aromatic N) is 1. The largest absolute Gasteiger partial charge is 0.324 e. The summed E-state index contributed by atoms with van der Waals surface area (Å²) in [6.45, 7) is 1.47. The maximum atomic E-state index is 10.5. The highest BCUT2D eigenvalue weighted by Crippen LogP contribution is 2.22. The van der Waals surface area contributed by atoms with E-state index in [4.69, 9.17) is 0 Å². The van der Waals surface area contributed by atoms with Gasteiger partial charge in [0.1, 0.15) is 0 Å². The Bertz CT molecular complexity index is 465. The molecule has 0 aliphatic rings. The van der Waals surface area contributed by atoms with Gasteiger partial charge in [0.2, 0.25) is 0 Å². The first kappa shape index (κ1) is 11.3. The Balaban J connectivity index is 1.83. The van der Waals surface area contributed by atoms with E-state index in [1.54, 1.807) is 17.4 Å². The number of nitrogens with one attached hydrogen (secondary N) is 1. The van der Waals surface area contributed by atoms with Crippen LogP contribution in [0.4, 0.5) is 5.00 Å². The lowest BCUT2D eigenvalue weighted by Gasteiger charge is -1.99. The number of rotatable bonds is 5. The smallest absolute Gasteiger partial charge is 0.309 e. The first-order valence-electron chi connectivity index (χ1n) is 4.69. The Hall–Kier alpha value is -1.24. The molecule has 0 unspecified atom stereocenters. The molecule has 0 saturated carbocycles. The van der Waals surface area contributed by atoms with Crippen LogP contribution in [0.5, 0.6) is 0 Å². The topological polar surface area (TPSA) is 55.2 Å². The molecule has 0 spiro atoms. The fraction of sp³-hybridized carbons (Fsp3) is 0.200. The first-order chi connectivity index (χ1) is 7.75. The predicted molar refractivity (Wildman–Crippen MR) is 65.8 cm³/mol. The lowest BCUT2D eigenvalue weighted by molar-refractivity contribution is -0.380. The summed E-state index contributed by atoms with van der Waals surface area (Å²) in [5, 5.41) is 19.9. The summed E-state index contributed by atoms with van der Waals surface area (Å²) in [5.74, 6) is 0. The Morgan fingerprint density at radius 3 is 2.75 bits per heavy atom. The van der Waals surface area contributed by atoms with Crippen molar-refractivity contribution in [1.82, 2.24) is 5.32 Å². The van der Waals surface area contributed by atoms with Crippen LogP contribution >= 0.6 is 22.7 Å². The highest BCUT2D eigenvalue weighted by molar-refractivity contribution is 7.13. The molecule has 0 aromatic carbocycles. The van der Waals surface area contributed by atoms with E-state index in [-0.39, 0.29) is 9.92 Å². The van der Waals surface area contributed by atoms with Gasteiger partial charge in [-0.2, -0.15) is 11.3 Å². The molecular formula is C10H10N2O2S2. The van der Waals surface area contributed by atoms with Crippen LogP contribution in [0.2, 0.25) is 0 Å². The molecule has 0 aliphatic heterocycles. The van der Waals surface area contributed by atoms with Crippen LogP contribution in [0, 0.1) is 10.1 Å². The molecule has 0 bridgehead atoms. The van der Waals surface area contributed by atoms with E-state index in [1.807, 2.05) is 10.8 Å². The van der Waals surface area contributed by atoms with Gasteiger partial charge in [0.25, 0.3) is 0 Å². The number of hydrogen-bond donors (Lipinski definition) is 1. The third-order valence-electron chi connectivity index (χ3n) is 2.06. The summed E-state index contributed by atoms with van der Waals surface area (Å²) in [6.07, 6.45) is 0. The Morgan fingerprint density at radius 2 is 2.12 bits per heavy atom. The van der Waals surface area contributed by atoms with Crippen LogP contribution in [-0.4, -0.2) is 4.92 Å². The molecule has 2 aromatic heterocycles. The molecule has 0 aliphatic carbocycles. The maximum Gasteiger partial charge on any atom is 0.324 e. The van der Waals surface area contributed by atoms with E-state index in [0.29, 0.717) is 6.54 Å². The van der Waals surface area contributed by atoms with Crippen molar-refractivity contribution in [3.8, 4) is 0 Å². The van der Waals surface area contributed by atoms with Crippen LogP contribution < -0.4 is 5.32 Å². The first-order valence-corrected chi connectivity index (χ1v) is 6.51. The van der Waals surface area contributed by atoms with E-state index in [9.17, 15) is 10.1 Å². The Kier molecular flexibility index (Phi) is 3.66. The van der Waals surface area contributed by atoms with E-state index < -0.39 is 0 Å². The third kappa shape index (κ3) is 2.88. The number of thiophene rings is 2. The van der Waals surface area contributed by atoms with Crippen LogP contribution in [0.1, 0.15) is 11.1 Å². The summed E-state index contributed by atoms with van der Waals surface area (Å²) in [5.41, 5.74) is 2.21. The SMILES string of the molecule is O=[N+]([O-])c1cc(CNCc2ccsc2)cs1. The van der Waals surface area contributed by atoms with E-state index in [1.165, 1.54) is 16.9 Å². The zero-order valence-corrected chi connectivity index (χ0v) is 10.0. The third-order valence-corrected chi connectivity index (χ3v) is 3.72. The van der Waals surface area contributed by atoms with Crippen LogP contribution in [-0.2, 0) is 13.1 Å². The normalized spacial score (nSPS) is 10.5. The summed E-state index contributed by atoms with van der Waals surface area (Å²) >= 11 is 2.84. The molecule has 6 heteroatoms. The predicted octanol–water partition coefficient (Wildman–Crippen LogP) is 3.01. The highest BCUT2D eigenvalue weighted by atomic mass is 32.1. The minimum atomic E-state index is -0.354. The van der Waals surface area contributed by atoms with Crippen molar-refractivity contribution in [2.24, 2.45) is 0 Å². The van der Waals surface area contributed by atoms with Crippen LogP contribution in [0.15, 0.2) is 28.3 Å². The molecule has 4 nitrogen and oxygen atoms in total. The minimum Gasteiger partial charge on any atom is -0.309 e. The Morgan fingerprint density at radius 1 is 1.31 bits per heavy atom. The summed E-state index contributed by atoms with van der Waals surface area (Å²) in [7, 11) is 0. The fourth-order valence-electron chi connectivity index (χ4n) is 1.30. The van der Waals surface area contributed by atoms with Gasteiger partial charge < -0.3 is 5.32 Å². The monoisotopic (exact) mass is 254 g/mol. The van der Waals surface area contributed by atoms with Gasteiger partial charge in [-0.25, -0.2) is 0 Å². The van der Waals surface area contributed by atoms with E-state index in [0.717, 1.165) is 12.1 Å². The number of hydrogen-bond acceptors (Lipinski definition) is 5. The van der Waals surface area contributed by atoms with Gasteiger partial charge in [0.05, 0.1) is 4.92 Å².